The van der Waals surface area contributed by atoms with Crippen LogP contribution in [0.4, 0.5) is 15.8 Å². The second-order valence-electron chi connectivity index (χ2n) is 5.34. The van der Waals surface area contributed by atoms with Gasteiger partial charge in [0.2, 0.25) is 0 Å². The van der Waals surface area contributed by atoms with Crippen LogP contribution >= 0.6 is 0 Å². The zero-order chi connectivity index (χ0) is 20.2. The molecule has 0 saturated heterocycles. The number of sulfone groups is 1. The number of carbonyl (C=O) groups is 2. The molecule has 2 rings (SSSR count). The number of anilines is 1. The largest absolute Gasteiger partial charge is 0.452 e. The number of ether oxygens (including phenoxy) is 1. The number of nitro benzene ring substituents is 1. The maximum absolute atomic E-state index is 13.6. The Morgan fingerprint density at radius 1 is 1.19 bits per heavy atom. The first kappa shape index (κ1) is 20.0. The molecule has 2 aromatic carbocycles. The predicted molar refractivity (Wildman–Crippen MR) is 91.5 cm³/mol. The maximum atomic E-state index is 13.6. The lowest BCUT2D eigenvalue weighted by atomic mass is 10.2. The highest BCUT2D eigenvalue weighted by atomic mass is 32.2. The molecular weight excluding hydrogens is 383 g/mol. The van der Waals surface area contributed by atoms with Gasteiger partial charge in [-0.25, -0.2) is 17.6 Å². The van der Waals surface area contributed by atoms with Crippen LogP contribution in [0.15, 0.2) is 47.4 Å². The number of hydrogen-bond acceptors (Lipinski definition) is 7. The summed E-state index contributed by atoms with van der Waals surface area (Å²) in [6.07, 6.45) is 1.01. The van der Waals surface area contributed by atoms with Crippen molar-refractivity contribution < 1.29 is 32.1 Å². The van der Waals surface area contributed by atoms with E-state index in [0.29, 0.717) is 0 Å². The molecule has 0 aliphatic rings. The summed E-state index contributed by atoms with van der Waals surface area (Å²) < 4.78 is 41.1. The molecule has 0 fully saturated rings. The van der Waals surface area contributed by atoms with Gasteiger partial charge in [-0.3, -0.25) is 14.9 Å². The maximum Gasteiger partial charge on any atom is 0.338 e. The van der Waals surface area contributed by atoms with Crippen LogP contribution in [0.5, 0.6) is 0 Å². The monoisotopic (exact) mass is 396 g/mol. The summed E-state index contributed by atoms with van der Waals surface area (Å²) in [6, 6.07) is 7.45. The molecule has 11 heteroatoms. The lowest BCUT2D eigenvalue weighted by molar-refractivity contribution is -0.384. The minimum atomic E-state index is -3.42. The summed E-state index contributed by atoms with van der Waals surface area (Å²) >= 11 is 0. The number of amides is 1. The molecule has 2 aromatic rings. The molecule has 0 aliphatic heterocycles. The minimum Gasteiger partial charge on any atom is -0.452 e. The number of nitro groups is 1. The van der Waals surface area contributed by atoms with Crippen LogP contribution in [-0.4, -0.2) is 38.1 Å². The van der Waals surface area contributed by atoms with Crippen LogP contribution in [-0.2, 0) is 19.4 Å². The van der Waals surface area contributed by atoms with Gasteiger partial charge < -0.3 is 10.1 Å². The molecule has 9 nitrogen and oxygen atoms in total. The van der Waals surface area contributed by atoms with Gasteiger partial charge in [0.05, 0.1) is 21.1 Å². The van der Waals surface area contributed by atoms with Crippen molar-refractivity contribution in [1.82, 2.24) is 0 Å². The highest BCUT2D eigenvalue weighted by molar-refractivity contribution is 7.90. The van der Waals surface area contributed by atoms with E-state index in [1.54, 1.807) is 0 Å². The average Bonchev–Trinajstić information content (AvgIpc) is 2.60. The first-order valence-electron chi connectivity index (χ1n) is 7.29. The fourth-order valence-electron chi connectivity index (χ4n) is 1.96. The van der Waals surface area contributed by atoms with E-state index in [-0.39, 0.29) is 10.5 Å². The summed E-state index contributed by atoms with van der Waals surface area (Å²) in [5.74, 6) is -2.70. The third-order valence-corrected chi connectivity index (χ3v) is 4.42. The van der Waals surface area contributed by atoms with Crippen LogP contribution in [0.1, 0.15) is 10.4 Å². The lowest BCUT2D eigenvalue weighted by Crippen LogP contribution is -2.21. The second kappa shape index (κ2) is 7.91. The molecule has 0 radical (unpaired) electrons. The van der Waals surface area contributed by atoms with Crippen molar-refractivity contribution in [3.8, 4) is 0 Å². The number of halogens is 1. The number of rotatable bonds is 6. The fourth-order valence-corrected chi connectivity index (χ4v) is 2.59. The Bertz CT molecular complexity index is 1000. The molecule has 0 aliphatic carbocycles. The van der Waals surface area contributed by atoms with Crippen molar-refractivity contribution in [3.63, 3.8) is 0 Å². The van der Waals surface area contributed by atoms with Gasteiger partial charge in [0.1, 0.15) is 5.82 Å². The highest BCUT2D eigenvalue weighted by Crippen LogP contribution is 2.21. The molecule has 0 aromatic heterocycles. The van der Waals surface area contributed by atoms with E-state index < -0.39 is 50.4 Å². The normalized spacial score (nSPS) is 10.9. The number of nitrogens with zero attached hydrogens (tertiary/aromatic N) is 1. The Hall–Kier alpha value is -3.34. The predicted octanol–water partition coefficient (Wildman–Crippen LogP) is 1.93. The fraction of sp³-hybridized carbons (Fsp3) is 0.125. The van der Waals surface area contributed by atoms with Gasteiger partial charge in [-0.15, -0.1) is 0 Å². The van der Waals surface area contributed by atoms with Gasteiger partial charge in [-0.1, -0.05) is 0 Å². The zero-order valence-corrected chi connectivity index (χ0v) is 14.7. The van der Waals surface area contributed by atoms with E-state index in [1.165, 1.54) is 24.3 Å². The van der Waals surface area contributed by atoms with Gasteiger partial charge in [0.15, 0.2) is 16.4 Å². The number of nitrogens with one attached hydrogen (secondary N) is 1. The molecular formula is C16H13FN2O7S. The Balaban J connectivity index is 1.98. The third kappa shape index (κ3) is 5.31. The Morgan fingerprint density at radius 2 is 1.81 bits per heavy atom. The second-order valence-corrected chi connectivity index (χ2v) is 7.36. The molecule has 0 saturated carbocycles. The quantitative estimate of drug-likeness (QED) is 0.448. The summed E-state index contributed by atoms with van der Waals surface area (Å²) in [6.45, 7) is -0.769. The number of benzene rings is 2. The Labute approximate surface area is 152 Å². The van der Waals surface area contributed by atoms with Gasteiger partial charge in [0.25, 0.3) is 11.6 Å². The van der Waals surface area contributed by atoms with E-state index in [2.05, 4.69) is 5.32 Å². The average molecular weight is 396 g/mol. The smallest absolute Gasteiger partial charge is 0.338 e. The molecule has 1 N–H and O–H groups in total. The Morgan fingerprint density at radius 3 is 2.37 bits per heavy atom. The topological polar surface area (TPSA) is 133 Å². The van der Waals surface area contributed by atoms with E-state index >= 15 is 0 Å². The van der Waals surface area contributed by atoms with Crippen LogP contribution in [0.2, 0.25) is 0 Å². The number of non-ortho nitro benzene ring substituents is 1. The molecule has 0 spiro atoms. The molecule has 0 atom stereocenters. The van der Waals surface area contributed by atoms with Gasteiger partial charge in [-0.05, 0) is 30.3 Å². The molecule has 27 heavy (non-hydrogen) atoms. The zero-order valence-electron chi connectivity index (χ0n) is 13.8. The molecule has 0 heterocycles. The van der Waals surface area contributed by atoms with E-state index in [9.17, 15) is 32.5 Å². The van der Waals surface area contributed by atoms with Crippen molar-refractivity contribution in [1.29, 1.82) is 0 Å². The highest BCUT2D eigenvalue weighted by Gasteiger charge is 2.15. The van der Waals surface area contributed by atoms with Crippen LogP contribution < -0.4 is 5.32 Å². The van der Waals surface area contributed by atoms with Crippen molar-refractivity contribution in [2.24, 2.45) is 0 Å². The van der Waals surface area contributed by atoms with Gasteiger partial charge in [0, 0.05) is 18.4 Å². The number of carbonyl (C=O) groups excluding carboxylic acids is 2. The van der Waals surface area contributed by atoms with Crippen molar-refractivity contribution in [3.05, 3.63) is 64.0 Å². The minimum absolute atomic E-state index is 0.0109. The van der Waals surface area contributed by atoms with Crippen LogP contribution in [0.25, 0.3) is 0 Å². The van der Waals surface area contributed by atoms with Crippen molar-refractivity contribution >= 4 is 33.1 Å². The summed E-state index contributed by atoms with van der Waals surface area (Å²) in [7, 11) is -3.42. The standard InChI is InChI=1S/C16H13FN2O7S/c1-27(24,25)12-5-2-10(3-6-12)16(21)26-9-15(20)18-14-8-11(19(22)23)4-7-13(14)17/h2-8H,9H2,1H3,(H,18,20). The van der Waals surface area contributed by atoms with E-state index in [0.717, 1.165) is 24.5 Å². The van der Waals surface area contributed by atoms with Crippen molar-refractivity contribution in [2.75, 3.05) is 18.2 Å². The molecule has 0 bridgehead atoms. The van der Waals surface area contributed by atoms with E-state index in [4.69, 9.17) is 4.74 Å². The number of hydrogen-bond donors (Lipinski definition) is 1. The first-order chi connectivity index (χ1) is 12.6. The third-order valence-electron chi connectivity index (χ3n) is 3.29. The number of esters is 1. The summed E-state index contributed by atoms with van der Waals surface area (Å²) in [5, 5.41) is 12.7. The summed E-state index contributed by atoms with van der Waals surface area (Å²) in [5.41, 5.74) is -0.839. The van der Waals surface area contributed by atoms with Crippen LogP contribution in [0, 0.1) is 15.9 Å². The van der Waals surface area contributed by atoms with Gasteiger partial charge in [-0.2, -0.15) is 0 Å². The molecule has 1 amide bonds. The first-order valence-corrected chi connectivity index (χ1v) is 9.18. The molecule has 142 valence electrons. The lowest BCUT2D eigenvalue weighted by Gasteiger charge is -2.08. The molecule has 0 unspecified atom stereocenters. The van der Waals surface area contributed by atoms with Crippen LogP contribution in [0.3, 0.4) is 0 Å². The van der Waals surface area contributed by atoms with E-state index in [1.807, 2.05) is 0 Å². The SMILES string of the molecule is CS(=O)(=O)c1ccc(C(=O)OCC(=O)Nc2cc([N+](=O)[O-])ccc2F)cc1. The summed E-state index contributed by atoms with van der Waals surface area (Å²) in [4.78, 5) is 33.5. The Kier molecular flexibility index (Phi) is 5.85. The van der Waals surface area contributed by atoms with Crippen molar-refractivity contribution in [2.45, 2.75) is 4.90 Å². The van der Waals surface area contributed by atoms with Gasteiger partial charge >= 0.3 is 5.97 Å².